The van der Waals surface area contributed by atoms with E-state index in [0.29, 0.717) is 23.8 Å². The molecular weight excluding hydrogens is 414 g/mol. The summed E-state index contributed by atoms with van der Waals surface area (Å²) < 4.78 is 22.1. The highest BCUT2D eigenvalue weighted by atomic mass is 16.6. The van der Waals surface area contributed by atoms with E-state index in [-0.39, 0.29) is 25.2 Å². The summed E-state index contributed by atoms with van der Waals surface area (Å²) in [7, 11) is 0. The Bertz CT molecular complexity index is 956. The van der Waals surface area contributed by atoms with Gasteiger partial charge in [-0.05, 0) is 54.8 Å². The molecule has 2 aromatic carbocycles. The lowest BCUT2D eigenvalue weighted by Gasteiger charge is -2.24. The molecular formula is C23H25N3O6. The van der Waals surface area contributed by atoms with Crippen LogP contribution in [0.5, 0.6) is 17.2 Å². The van der Waals surface area contributed by atoms with Gasteiger partial charge in [0.2, 0.25) is 6.10 Å². The second-order valence-electron chi connectivity index (χ2n) is 7.40. The van der Waals surface area contributed by atoms with E-state index >= 15 is 0 Å². The van der Waals surface area contributed by atoms with Crippen molar-refractivity contribution in [3.05, 3.63) is 54.1 Å². The number of carbonyl (C=O) groups is 2. The topological polar surface area (TPSA) is 107 Å². The van der Waals surface area contributed by atoms with Gasteiger partial charge in [-0.3, -0.25) is 9.59 Å². The first kappa shape index (κ1) is 21.6. The third kappa shape index (κ3) is 5.98. The van der Waals surface area contributed by atoms with Crippen LogP contribution in [0.2, 0.25) is 0 Å². The molecule has 1 saturated heterocycles. The molecule has 0 bridgehead atoms. The van der Waals surface area contributed by atoms with E-state index in [0.717, 1.165) is 25.0 Å². The fraction of sp³-hybridized carbons (Fsp3) is 0.348. The largest absolute Gasteiger partial charge is 0.485 e. The van der Waals surface area contributed by atoms with Crippen LogP contribution in [0.15, 0.2) is 53.6 Å². The SMILES string of the molecule is O=C(COc1ccc(/C=N\NC(=O)[C@@H]2COc3ccccc3O2)cc1)NC[C@H]1CCCO1. The Hall–Kier alpha value is -3.59. The number of hydrazone groups is 1. The molecule has 2 aromatic rings. The zero-order valence-corrected chi connectivity index (χ0v) is 17.5. The first-order valence-corrected chi connectivity index (χ1v) is 10.5. The molecule has 0 radical (unpaired) electrons. The lowest BCUT2D eigenvalue weighted by molar-refractivity contribution is -0.130. The van der Waals surface area contributed by atoms with Crippen molar-refractivity contribution < 1.29 is 28.5 Å². The fourth-order valence-electron chi connectivity index (χ4n) is 3.27. The van der Waals surface area contributed by atoms with Crippen LogP contribution in [0.4, 0.5) is 0 Å². The van der Waals surface area contributed by atoms with Crippen molar-refractivity contribution in [2.45, 2.75) is 25.0 Å². The minimum Gasteiger partial charge on any atom is -0.485 e. The van der Waals surface area contributed by atoms with Crippen molar-refractivity contribution in [3.8, 4) is 17.2 Å². The molecule has 4 rings (SSSR count). The Morgan fingerprint density at radius 3 is 2.72 bits per heavy atom. The van der Waals surface area contributed by atoms with Gasteiger partial charge in [-0.15, -0.1) is 0 Å². The third-order valence-corrected chi connectivity index (χ3v) is 4.99. The number of rotatable bonds is 8. The van der Waals surface area contributed by atoms with E-state index in [1.54, 1.807) is 36.4 Å². The normalized spacial score (nSPS) is 19.5. The van der Waals surface area contributed by atoms with E-state index in [2.05, 4.69) is 15.8 Å². The molecule has 1 fully saturated rings. The maximum atomic E-state index is 12.2. The first-order chi connectivity index (χ1) is 15.7. The van der Waals surface area contributed by atoms with Gasteiger partial charge in [0.25, 0.3) is 11.8 Å². The standard InChI is InChI=1S/C23H25N3O6/c27-22(24-13-18-4-3-11-29-18)15-30-17-9-7-16(8-10-17)12-25-26-23(28)21-14-31-19-5-1-2-6-20(19)32-21/h1-2,5-10,12,18,21H,3-4,11,13-15H2,(H,24,27)(H,26,28)/b25-12-/t18-,21+/m1/s1. The second-order valence-corrected chi connectivity index (χ2v) is 7.40. The number of fused-ring (bicyclic) bond motifs is 1. The summed E-state index contributed by atoms with van der Waals surface area (Å²) in [5.74, 6) is 1.11. The number of para-hydroxylation sites is 2. The monoisotopic (exact) mass is 439 g/mol. The molecule has 0 aromatic heterocycles. The fourth-order valence-corrected chi connectivity index (χ4v) is 3.27. The van der Waals surface area contributed by atoms with E-state index in [4.69, 9.17) is 18.9 Å². The van der Waals surface area contributed by atoms with Crippen molar-refractivity contribution in [2.24, 2.45) is 5.10 Å². The number of benzene rings is 2. The molecule has 32 heavy (non-hydrogen) atoms. The summed E-state index contributed by atoms with van der Waals surface area (Å²) in [5, 5.41) is 6.77. The Morgan fingerprint density at radius 2 is 1.94 bits per heavy atom. The molecule has 2 aliphatic rings. The second kappa shape index (κ2) is 10.6. The molecule has 0 unspecified atom stereocenters. The number of hydrogen-bond donors (Lipinski definition) is 2. The smallest absolute Gasteiger partial charge is 0.284 e. The molecule has 9 heteroatoms. The summed E-state index contributed by atoms with van der Waals surface area (Å²) in [4.78, 5) is 24.1. The first-order valence-electron chi connectivity index (χ1n) is 10.5. The van der Waals surface area contributed by atoms with Gasteiger partial charge in [-0.1, -0.05) is 12.1 Å². The minimum absolute atomic E-state index is 0.0667. The number of ether oxygens (including phenoxy) is 4. The average molecular weight is 439 g/mol. The number of carbonyl (C=O) groups excluding carboxylic acids is 2. The maximum absolute atomic E-state index is 12.2. The molecule has 168 valence electrons. The van der Waals surface area contributed by atoms with Gasteiger partial charge < -0.3 is 24.3 Å². The van der Waals surface area contributed by atoms with Gasteiger partial charge >= 0.3 is 0 Å². The predicted molar refractivity (Wildman–Crippen MR) is 116 cm³/mol. The third-order valence-electron chi connectivity index (χ3n) is 4.99. The van der Waals surface area contributed by atoms with Crippen molar-refractivity contribution in [3.63, 3.8) is 0 Å². The highest BCUT2D eigenvalue weighted by Gasteiger charge is 2.27. The quantitative estimate of drug-likeness (QED) is 0.478. The van der Waals surface area contributed by atoms with Crippen LogP contribution in [0.25, 0.3) is 0 Å². The number of hydrogen-bond acceptors (Lipinski definition) is 7. The van der Waals surface area contributed by atoms with E-state index < -0.39 is 12.0 Å². The molecule has 2 atom stereocenters. The Balaban J connectivity index is 1.18. The summed E-state index contributed by atoms with van der Waals surface area (Å²) in [6.45, 7) is 1.32. The van der Waals surface area contributed by atoms with E-state index in [9.17, 15) is 9.59 Å². The van der Waals surface area contributed by atoms with E-state index in [1.807, 2.05) is 12.1 Å². The summed E-state index contributed by atoms with van der Waals surface area (Å²) in [6.07, 6.45) is 2.84. The van der Waals surface area contributed by atoms with Crippen LogP contribution in [0.3, 0.4) is 0 Å². The zero-order valence-electron chi connectivity index (χ0n) is 17.5. The molecule has 2 amide bonds. The molecule has 2 N–H and O–H groups in total. The Kier molecular flexibility index (Phi) is 7.19. The Morgan fingerprint density at radius 1 is 1.12 bits per heavy atom. The van der Waals surface area contributed by atoms with Gasteiger partial charge in [-0.25, -0.2) is 5.43 Å². The van der Waals surface area contributed by atoms with Gasteiger partial charge in [0, 0.05) is 13.2 Å². The van der Waals surface area contributed by atoms with Crippen molar-refractivity contribution in [1.29, 1.82) is 0 Å². The van der Waals surface area contributed by atoms with E-state index in [1.165, 1.54) is 6.21 Å². The Labute approximate surface area is 185 Å². The summed E-state index contributed by atoms with van der Waals surface area (Å²) in [6, 6.07) is 14.2. The lowest BCUT2D eigenvalue weighted by Crippen LogP contribution is -2.42. The van der Waals surface area contributed by atoms with Crippen LogP contribution in [0, 0.1) is 0 Å². The molecule has 0 aliphatic carbocycles. The van der Waals surface area contributed by atoms with Crippen molar-refractivity contribution in [2.75, 3.05) is 26.4 Å². The van der Waals surface area contributed by atoms with Gasteiger partial charge in [0.15, 0.2) is 18.1 Å². The molecule has 9 nitrogen and oxygen atoms in total. The molecule has 2 aliphatic heterocycles. The van der Waals surface area contributed by atoms with Crippen molar-refractivity contribution >= 4 is 18.0 Å². The molecule has 0 spiro atoms. The number of nitrogens with zero attached hydrogens (tertiary/aromatic N) is 1. The van der Waals surface area contributed by atoms with Crippen LogP contribution in [0.1, 0.15) is 18.4 Å². The summed E-state index contributed by atoms with van der Waals surface area (Å²) >= 11 is 0. The lowest BCUT2D eigenvalue weighted by atomic mass is 10.2. The van der Waals surface area contributed by atoms with Crippen LogP contribution in [-0.2, 0) is 14.3 Å². The number of amides is 2. The zero-order chi connectivity index (χ0) is 22.2. The van der Waals surface area contributed by atoms with Crippen LogP contribution in [-0.4, -0.2) is 56.6 Å². The van der Waals surface area contributed by atoms with Gasteiger partial charge in [-0.2, -0.15) is 5.10 Å². The highest BCUT2D eigenvalue weighted by molar-refractivity contribution is 5.85. The van der Waals surface area contributed by atoms with Crippen LogP contribution >= 0.6 is 0 Å². The predicted octanol–water partition coefficient (Wildman–Crippen LogP) is 1.65. The van der Waals surface area contributed by atoms with Crippen molar-refractivity contribution in [1.82, 2.24) is 10.7 Å². The minimum atomic E-state index is -0.774. The number of nitrogens with one attached hydrogen (secondary N) is 2. The maximum Gasteiger partial charge on any atom is 0.284 e. The molecule has 0 saturated carbocycles. The van der Waals surface area contributed by atoms with Crippen LogP contribution < -0.4 is 25.0 Å². The highest BCUT2D eigenvalue weighted by Crippen LogP contribution is 2.30. The van der Waals surface area contributed by atoms with Gasteiger partial charge in [0.05, 0.1) is 12.3 Å². The molecule has 2 heterocycles. The average Bonchev–Trinajstić information content (AvgIpc) is 3.35. The van der Waals surface area contributed by atoms with Gasteiger partial charge in [0.1, 0.15) is 12.4 Å². The summed E-state index contributed by atoms with van der Waals surface area (Å²) in [5.41, 5.74) is 3.21.